The first-order chi connectivity index (χ1) is 10.3. The quantitative estimate of drug-likeness (QED) is 0.833. The fourth-order valence-electron chi connectivity index (χ4n) is 2.39. The third kappa shape index (κ3) is 3.99. The number of hydrogen-bond donors (Lipinski definition) is 2. The molecule has 0 aliphatic heterocycles. The van der Waals surface area contributed by atoms with Crippen LogP contribution in [0.5, 0.6) is 0 Å². The molecule has 1 heterocycles. The molecule has 1 aliphatic carbocycles. The Balaban J connectivity index is 2.17. The number of nitrogens with zero attached hydrogens (tertiary/aromatic N) is 1. The minimum absolute atomic E-state index is 0.393. The number of aromatic amines is 1. The standard InChI is InChI=1S/C15H23N3O4/c1-15(2,3)22-14(20)18-11(13(19)21-4)12-16-9-7-5-6-8-10(9)17-12/h11H,5-8H2,1-4H3,(H,16,17)(H,18,20)/t11-/m0/s1. The van der Waals surface area contributed by atoms with Crippen LogP contribution >= 0.6 is 0 Å². The number of nitrogens with one attached hydrogen (secondary N) is 2. The number of imidazole rings is 1. The number of carbonyl (C=O) groups excluding carboxylic acids is 2. The smallest absolute Gasteiger partial charge is 0.408 e. The molecule has 0 unspecified atom stereocenters. The van der Waals surface area contributed by atoms with Crippen LogP contribution in [0, 0.1) is 0 Å². The molecule has 0 saturated heterocycles. The van der Waals surface area contributed by atoms with Crippen LogP contribution in [0.15, 0.2) is 0 Å². The van der Waals surface area contributed by atoms with E-state index in [9.17, 15) is 9.59 Å². The van der Waals surface area contributed by atoms with Gasteiger partial charge >= 0.3 is 12.1 Å². The maximum atomic E-state index is 12.0. The number of methoxy groups -OCH3 is 1. The molecule has 0 aromatic carbocycles. The zero-order chi connectivity index (χ0) is 16.3. The van der Waals surface area contributed by atoms with Crippen molar-refractivity contribution in [3.8, 4) is 0 Å². The molecule has 7 heteroatoms. The average molecular weight is 309 g/mol. The molecular formula is C15H23N3O4. The van der Waals surface area contributed by atoms with Gasteiger partial charge in [-0.3, -0.25) is 0 Å². The summed E-state index contributed by atoms with van der Waals surface area (Å²) < 4.78 is 9.95. The van der Waals surface area contributed by atoms with Gasteiger partial charge in [0.25, 0.3) is 0 Å². The van der Waals surface area contributed by atoms with Crippen molar-refractivity contribution >= 4 is 12.1 Å². The van der Waals surface area contributed by atoms with E-state index in [2.05, 4.69) is 15.3 Å². The van der Waals surface area contributed by atoms with Gasteiger partial charge in [-0.1, -0.05) is 0 Å². The first kappa shape index (κ1) is 16.3. The van der Waals surface area contributed by atoms with Gasteiger partial charge < -0.3 is 19.8 Å². The monoisotopic (exact) mass is 309 g/mol. The number of esters is 1. The lowest BCUT2D eigenvalue weighted by atomic mass is 10.0. The van der Waals surface area contributed by atoms with Crippen molar-refractivity contribution in [2.24, 2.45) is 0 Å². The number of ether oxygens (including phenoxy) is 2. The maximum Gasteiger partial charge on any atom is 0.408 e. The average Bonchev–Trinajstić information content (AvgIpc) is 2.85. The Morgan fingerprint density at radius 2 is 1.95 bits per heavy atom. The summed E-state index contributed by atoms with van der Waals surface area (Å²) >= 11 is 0. The largest absolute Gasteiger partial charge is 0.467 e. The fourth-order valence-corrected chi connectivity index (χ4v) is 2.39. The van der Waals surface area contributed by atoms with Gasteiger partial charge in [0, 0.05) is 5.69 Å². The van der Waals surface area contributed by atoms with Crippen LogP contribution in [0.4, 0.5) is 4.79 Å². The lowest BCUT2D eigenvalue weighted by Crippen LogP contribution is -2.39. The molecule has 0 spiro atoms. The maximum absolute atomic E-state index is 12.0. The molecule has 2 N–H and O–H groups in total. The summed E-state index contributed by atoms with van der Waals surface area (Å²) in [5.74, 6) is -0.193. The van der Waals surface area contributed by atoms with Crippen molar-refractivity contribution in [1.82, 2.24) is 15.3 Å². The van der Waals surface area contributed by atoms with E-state index in [0.29, 0.717) is 5.82 Å². The molecule has 122 valence electrons. The van der Waals surface area contributed by atoms with Crippen LogP contribution < -0.4 is 5.32 Å². The van der Waals surface area contributed by atoms with E-state index in [1.807, 2.05) is 0 Å². The van der Waals surface area contributed by atoms with Gasteiger partial charge in [-0.25, -0.2) is 14.6 Å². The second-order valence-corrected chi connectivity index (χ2v) is 6.36. The summed E-state index contributed by atoms with van der Waals surface area (Å²) in [7, 11) is 1.27. The number of aryl methyl sites for hydroxylation is 2. The number of fused-ring (bicyclic) bond motifs is 1. The molecule has 0 saturated carbocycles. The van der Waals surface area contributed by atoms with Crippen LogP contribution in [0.1, 0.15) is 56.9 Å². The highest BCUT2D eigenvalue weighted by Gasteiger charge is 2.30. The molecule has 2 rings (SSSR count). The molecule has 0 radical (unpaired) electrons. The molecular weight excluding hydrogens is 286 g/mol. The first-order valence-electron chi connectivity index (χ1n) is 7.45. The summed E-state index contributed by atoms with van der Waals surface area (Å²) in [6.45, 7) is 5.27. The van der Waals surface area contributed by atoms with Crippen LogP contribution in [0.2, 0.25) is 0 Å². The number of carbonyl (C=O) groups is 2. The first-order valence-corrected chi connectivity index (χ1v) is 7.45. The molecule has 22 heavy (non-hydrogen) atoms. The zero-order valence-electron chi connectivity index (χ0n) is 13.5. The van der Waals surface area contributed by atoms with E-state index in [-0.39, 0.29) is 0 Å². The summed E-state index contributed by atoms with van der Waals surface area (Å²) in [6.07, 6.45) is 3.28. The highest BCUT2D eigenvalue weighted by atomic mass is 16.6. The summed E-state index contributed by atoms with van der Waals surface area (Å²) in [4.78, 5) is 31.5. The Hall–Kier alpha value is -2.05. The van der Waals surface area contributed by atoms with Gasteiger partial charge in [0.2, 0.25) is 0 Å². The molecule has 7 nitrogen and oxygen atoms in total. The SMILES string of the molecule is COC(=O)[C@@H](NC(=O)OC(C)(C)C)c1nc2c([nH]1)CCCC2. The molecule has 1 aliphatic rings. The predicted molar refractivity (Wildman–Crippen MR) is 79.4 cm³/mol. The fraction of sp³-hybridized carbons (Fsp3) is 0.667. The van der Waals surface area contributed by atoms with E-state index >= 15 is 0 Å². The minimum atomic E-state index is -0.995. The lowest BCUT2D eigenvalue weighted by Gasteiger charge is -2.21. The summed E-state index contributed by atoms with van der Waals surface area (Å²) in [5, 5.41) is 2.52. The molecule has 1 aromatic heterocycles. The van der Waals surface area contributed by atoms with E-state index in [1.54, 1.807) is 20.8 Å². The lowest BCUT2D eigenvalue weighted by molar-refractivity contribution is -0.143. The Bertz CT molecular complexity index is 536. The number of amides is 1. The number of hydrogen-bond acceptors (Lipinski definition) is 5. The number of alkyl carbamates (subject to hydrolysis) is 1. The van der Waals surface area contributed by atoms with Crippen molar-refractivity contribution < 1.29 is 19.1 Å². The minimum Gasteiger partial charge on any atom is -0.467 e. The number of rotatable bonds is 3. The predicted octanol–water partition coefficient (Wildman–Crippen LogP) is 2.03. The highest BCUT2D eigenvalue weighted by Crippen LogP contribution is 2.22. The van der Waals surface area contributed by atoms with Crippen molar-refractivity contribution in [2.75, 3.05) is 7.11 Å². The zero-order valence-corrected chi connectivity index (χ0v) is 13.5. The van der Waals surface area contributed by atoms with Crippen molar-refractivity contribution in [2.45, 2.75) is 58.1 Å². The number of H-pyrrole nitrogens is 1. The van der Waals surface area contributed by atoms with Crippen LogP contribution in [0.3, 0.4) is 0 Å². The third-order valence-electron chi connectivity index (χ3n) is 3.34. The van der Waals surface area contributed by atoms with Crippen molar-refractivity contribution in [3.63, 3.8) is 0 Å². The third-order valence-corrected chi connectivity index (χ3v) is 3.34. The molecule has 1 aromatic rings. The summed E-state index contributed by atoms with van der Waals surface area (Å²) in [6, 6.07) is -0.995. The Morgan fingerprint density at radius 3 is 2.55 bits per heavy atom. The van der Waals surface area contributed by atoms with Crippen LogP contribution in [0.25, 0.3) is 0 Å². The van der Waals surface area contributed by atoms with E-state index in [1.165, 1.54) is 7.11 Å². The van der Waals surface area contributed by atoms with Gasteiger partial charge in [-0.2, -0.15) is 0 Å². The van der Waals surface area contributed by atoms with Crippen LogP contribution in [-0.4, -0.2) is 34.7 Å². The molecule has 1 atom stereocenters. The molecule has 0 bridgehead atoms. The Kier molecular flexibility index (Phi) is 4.73. The second kappa shape index (κ2) is 6.37. The van der Waals surface area contributed by atoms with Gasteiger partial charge in [0.15, 0.2) is 6.04 Å². The van der Waals surface area contributed by atoms with E-state index < -0.39 is 23.7 Å². The van der Waals surface area contributed by atoms with Crippen molar-refractivity contribution in [3.05, 3.63) is 17.2 Å². The Labute approximate surface area is 129 Å². The van der Waals surface area contributed by atoms with Gasteiger partial charge in [0.05, 0.1) is 12.8 Å². The van der Waals surface area contributed by atoms with Crippen LogP contribution in [-0.2, 0) is 27.1 Å². The summed E-state index contributed by atoms with van der Waals surface area (Å²) in [5.41, 5.74) is 1.34. The van der Waals surface area contributed by atoms with Gasteiger partial charge in [-0.05, 0) is 46.5 Å². The van der Waals surface area contributed by atoms with E-state index in [0.717, 1.165) is 37.1 Å². The Morgan fingerprint density at radius 1 is 1.27 bits per heavy atom. The van der Waals surface area contributed by atoms with Gasteiger partial charge in [-0.15, -0.1) is 0 Å². The molecule has 1 amide bonds. The topological polar surface area (TPSA) is 93.3 Å². The second-order valence-electron chi connectivity index (χ2n) is 6.36. The normalized spacial score (nSPS) is 15.6. The highest BCUT2D eigenvalue weighted by molar-refractivity contribution is 5.82. The van der Waals surface area contributed by atoms with Crippen molar-refractivity contribution in [1.29, 1.82) is 0 Å². The van der Waals surface area contributed by atoms with E-state index in [4.69, 9.17) is 9.47 Å². The molecule has 0 fully saturated rings. The van der Waals surface area contributed by atoms with Gasteiger partial charge in [0.1, 0.15) is 11.4 Å². The number of aromatic nitrogens is 2.